The lowest BCUT2D eigenvalue weighted by atomic mass is 10.2. The van der Waals surface area contributed by atoms with E-state index in [-0.39, 0.29) is 24.5 Å². The van der Waals surface area contributed by atoms with Crippen LogP contribution in [0.3, 0.4) is 0 Å². The second-order valence-electron chi connectivity index (χ2n) is 5.23. The van der Waals surface area contributed by atoms with E-state index in [1.807, 2.05) is 13.2 Å². The third kappa shape index (κ3) is 3.88. The van der Waals surface area contributed by atoms with Crippen LogP contribution >= 0.6 is 11.8 Å². The molecule has 0 radical (unpaired) electrons. The Bertz CT molecular complexity index is 432. The van der Waals surface area contributed by atoms with Crippen LogP contribution in [-0.2, 0) is 14.3 Å². The van der Waals surface area contributed by atoms with Crippen molar-refractivity contribution in [2.24, 2.45) is 0 Å². The average molecular weight is 315 g/mol. The number of imide groups is 1. The quantitative estimate of drug-likeness (QED) is 0.717. The summed E-state index contributed by atoms with van der Waals surface area (Å²) in [5.74, 6) is 0.280. The maximum atomic E-state index is 12.2. The standard InChI is InChI=1S/C13H21N3O4S/c1-9-7-15(4-5-20-9)11(17)8-16-12(18)10(3-6-21-2)14-13(16)19/h9-10H,3-8H2,1-2H3,(H,14,19)/t9-,10+/m1/s1. The van der Waals surface area contributed by atoms with E-state index >= 15 is 0 Å². The van der Waals surface area contributed by atoms with E-state index in [1.165, 1.54) is 0 Å². The highest BCUT2D eigenvalue weighted by atomic mass is 32.2. The van der Waals surface area contributed by atoms with Gasteiger partial charge in [-0.1, -0.05) is 0 Å². The fraction of sp³-hybridized carbons (Fsp3) is 0.769. The van der Waals surface area contributed by atoms with Gasteiger partial charge in [-0.3, -0.25) is 14.5 Å². The molecule has 2 aliphatic rings. The zero-order chi connectivity index (χ0) is 15.4. The summed E-state index contributed by atoms with van der Waals surface area (Å²) < 4.78 is 5.38. The van der Waals surface area contributed by atoms with Crippen molar-refractivity contribution in [2.45, 2.75) is 25.5 Å². The number of carbonyl (C=O) groups is 3. The van der Waals surface area contributed by atoms with Gasteiger partial charge in [-0.05, 0) is 25.4 Å². The summed E-state index contributed by atoms with van der Waals surface area (Å²) in [5, 5.41) is 2.63. The van der Waals surface area contributed by atoms with Gasteiger partial charge < -0.3 is 15.0 Å². The van der Waals surface area contributed by atoms with Crippen molar-refractivity contribution in [1.29, 1.82) is 0 Å². The van der Waals surface area contributed by atoms with Crippen LogP contribution in [0.15, 0.2) is 0 Å². The normalized spacial score (nSPS) is 26.2. The molecule has 2 atom stereocenters. The topological polar surface area (TPSA) is 79.0 Å². The minimum atomic E-state index is -0.499. The Morgan fingerprint density at radius 1 is 1.48 bits per heavy atom. The molecule has 2 saturated heterocycles. The van der Waals surface area contributed by atoms with E-state index in [0.717, 1.165) is 10.7 Å². The number of carbonyl (C=O) groups excluding carboxylic acids is 3. The first kappa shape index (κ1) is 16.1. The SMILES string of the molecule is CSCC[C@@H]1NC(=O)N(CC(=O)N2CCO[C@H](C)C2)C1=O. The van der Waals surface area contributed by atoms with Crippen LogP contribution < -0.4 is 5.32 Å². The van der Waals surface area contributed by atoms with Gasteiger partial charge in [-0.2, -0.15) is 11.8 Å². The molecule has 0 aromatic rings. The summed E-state index contributed by atoms with van der Waals surface area (Å²) in [5.41, 5.74) is 0. The van der Waals surface area contributed by atoms with Crippen molar-refractivity contribution >= 4 is 29.6 Å². The third-order valence-electron chi connectivity index (χ3n) is 3.60. The van der Waals surface area contributed by atoms with Gasteiger partial charge in [0.15, 0.2) is 0 Å². The Hall–Kier alpha value is -1.28. The van der Waals surface area contributed by atoms with Crippen molar-refractivity contribution in [1.82, 2.24) is 15.1 Å². The number of thioether (sulfide) groups is 1. The number of hydrogen-bond acceptors (Lipinski definition) is 5. The lowest BCUT2D eigenvalue weighted by Gasteiger charge is -2.31. The molecule has 7 nitrogen and oxygen atoms in total. The molecule has 8 heteroatoms. The number of morpholine rings is 1. The highest BCUT2D eigenvalue weighted by molar-refractivity contribution is 7.98. The Kier molecular flexibility index (Phi) is 5.46. The number of hydrogen-bond donors (Lipinski definition) is 1. The highest BCUT2D eigenvalue weighted by Gasteiger charge is 2.39. The fourth-order valence-corrected chi connectivity index (χ4v) is 2.91. The van der Waals surface area contributed by atoms with Gasteiger partial charge in [0.1, 0.15) is 12.6 Å². The molecular formula is C13H21N3O4S. The second-order valence-corrected chi connectivity index (χ2v) is 6.21. The average Bonchev–Trinajstić information content (AvgIpc) is 2.72. The molecule has 0 spiro atoms. The van der Waals surface area contributed by atoms with Crippen LogP contribution in [0.5, 0.6) is 0 Å². The van der Waals surface area contributed by atoms with Gasteiger partial charge in [-0.15, -0.1) is 0 Å². The van der Waals surface area contributed by atoms with E-state index in [4.69, 9.17) is 4.74 Å². The molecule has 2 fully saturated rings. The first-order valence-corrected chi connectivity index (χ1v) is 8.42. The van der Waals surface area contributed by atoms with Crippen molar-refractivity contribution in [2.75, 3.05) is 38.2 Å². The summed E-state index contributed by atoms with van der Waals surface area (Å²) in [7, 11) is 0. The van der Waals surface area contributed by atoms with Crippen LogP contribution in [-0.4, -0.2) is 78.0 Å². The van der Waals surface area contributed by atoms with Gasteiger partial charge in [0.2, 0.25) is 5.91 Å². The molecule has 0 aromatic heterocycles. The number of amides is 4. The first-order chi connectivity index (χ1) is 10.0. The van der Waals surface area contributed by atoms with E-state index in [2.05, 4.69) is 5.32 Å². The minimum Gasteiger partial charge on any atom is -0.375 e. The third-order valence-corrected chi connectivity index (χ3v) is 4.25. The molecule has 2 rings (SSSR count). The molecule has 2 heterocycles. The van der Waals surface area contributed by atoms with Gasteiger partial charge in [0.25, 0.3) is 5.91 Å². The van der Waals surface area contributed by atoms with Crippen molar-refractivity contribution < 1.29 is 19.1 Å². The monoisotopic (exact) mass is 315 g/mol. The Morgan fingerprint density at radius 3 is 2.90 bits per heavy atom. The van der Waals surface area contributed by atoms with E-state index in [0.29, 0.717) is 26.1 Å². The molecule has 1 N–H and O–H groups in total. The predicted octanol–water partition coefficient (Wildman–Crippen LogP) is -0.0928. The zero-order valence-corrected chi connectivity index (χ0v) is 13.1. The maximum absolute atomic E-state index is 12.2. The molecular weight excluding hydrogens is 294 g/mol. The minimum absolute atomic E-state index is 0.0138. The zero-order valence-electron chi connectivity index (χ0n) is 12.3. The lowest BCUT2D eigenvalue weighted by Crippen LogP contribution is -2.49. The van der Waals surface area contributed by atoms with Gasteiger partial charge in [0, 0.05) is 13.1 Å². The molecule has 2 aliphatic heterocycles. The molecule has 0 unspecified atom stereocenters. The van der Waals surface area contributed by atoms with Crippen LogP contribution in [0.4, 0.5) is 4.79 Å². The van der Waals surface area contributed by atoms with E-state index in [1.54, 1.807) is 16.7 Å². The van der Waals surface area contributed by atoms with Crippen LogP contribution in [0.2, 0.25) is 0 Å². The Balaban J connectivity index is 1.91. The van der Waals surface area contributed by atoms with Gasteiger partial charge in [0.05, 0.1) is 12.7 Å². The number of ether oxygens (including phenoxy) is 1. The van der Waals surface area contributed by atoms with Crippen LogP contribution in [0, 0.1) is 0 Å². The summed E-state index contributed by atoms with van der Waals surface area (Å²) in [6.07, 6.45) is 2.52. The fourth-order valence-electron chi connectivity index (χ4n) is 2.44. The molecule has 118 valence electrons. The van der Waals surface area contributed by atoms with Crippen molar-refractivity contribution in [3.05, 3.63) is 0 Å². The van der Waals surface area contributed by atoms with E-state index < -0.39 is 12.1 Å². The predicted molar refractivity (Wildman–Crippen MR) is 79.0 cm³/mol. The summed E-state index contributed by atoms with van der Waals surface area (Å²) in [6, 6.07) is -0.970. The molecule has 21 heavy (non-hydrogen) atoms. The number of nitrogens with zero attached hydrogens (tertiary/aromatic N) is 2. The molecule has 4 amide bonds. The van der Waals surface area contributed by atoms with Gasteiger partial charge >= 0.3 is 6.03 Å². The summed E-state index contributed by atoms with van der Waals surface area (Å²) in [4.78, 5) is 38.8. The van der Waals surface area contributed by atoms with Crippen LogP contribution in [0.25, 0.3) is 0 Å². The Labute approximate surface area is 128 Å². The molecule has 0 aliphatic carbocycles. The second kappa shape index (κ2) is 7.13. The largest absolute Gasteiger partial charge is 0.375 e. The summed E-state index contributed by atoms with van der Waals surface area (Å²) >= 11 is 1.62. The molecule has 0 bridgehead atoms. The number of rotatable bonds is 5. The summed E-state index contributed by atoms with van der Waals surface area (Å²) in [6.45, 7) is 3.20. The van der Waals surface area contributed by atoms with Gasteiger partial charge in [-0.25, -0.2) is 4.79 Å². The van der Waals surface area contributed by atoms with Crippen molar-refractivity contribution in [3.8, 4) is 0 Å². The molecule has 0 saturated carbocycles. The molecule has 0 aromatic carbocycles. The Morgan fingerprint density at radius 2 is 2.24 bits per heavy atom. The first-order valence-electron chi connectivity index (χ1n) is 7.03. The van der Waals surface area contributed by atoms with Crippen molar-refractivity contribution in [3.63, 3.8) is 0 Å². The van der Waals surface area contributed by atoms with E-state index in [9.17, 15) is 14.4 Å². The van der Waals surface area contributed by atoms with Crippen LogP contribution in [0.1, 0.15) is 13.3 Å². The maximum Gasteiger partial charge on any atom is 0.325 e. The smallest absolute Gasteiger partial charge is 0.325 e. The highest BCUT2D eigenvalue weighted by Crippen LogP contribution is 2.13. The number of urea groups is 1. The number of nitrogens with one attached hydrogen (secondary N) is 1. The lowest BCUT2D eigenvalue weighted by molar-refractivity contribution is -0.142.